The Bertz CT molecular complexity index is 661. The lowest BCUT2D eigenvalue weighted by Crippen LogP contribution is -2.22. The molecule has 0 spiro atoms. The SMILES string of the molecule is Nc1nc(CC2CCCCO2)nc2sc3c(c12)CCCC3. The van der Waals surface area contributed by atoms with Crippen LogP contribution in [0.4, 0.5) is 5.82 Å². The molecule has 4 nitrogen and oxygen atoms in total. The highest BCUT2D eigenvalue weighted by Crippen LogP contribution is 2.37. The molecule has 1 unspecified atom stereocenters. The van der Waals surface area contributed by atoms with Crippen molar-refractivity contribution in [1.29, 1.82) is 0 Å². The number of hydrogen-bond donors (Lipinski definition) is 1. The predicted molar refractivity (Wildman–Crippen MR) is 85.8 cm³/mol. The molecule has 2 aromatic rings. The van der Waals surface area contributed by atoms with Crippen molar-refractivity contribution in [3.63, 3.8) is 0 Å². The lowest BCUT2D eigenvalue weighted by molar-refractivity contribution is 0.0157. The Morgan fingerprint density at radius 2 is 2.05 bits per heavy atom. The molecule has 0 radical (unpaired) electrons. The summed E-state index contributed by atoms with van der Waals surface area (Å²) in [7, 11) is 0. The minimum Gasteiger partial charge on any atom is -0.383 e. The van der Waals surface area contributed by atoms with Gasteiger partial charge in [0.15, 0.2) is 0 Å². The van der Waals surface area contributed by atoms with Gasteiger partial charge in [0.2, 0.25) is 0 Å². The van der Waals surface area contributed by atoms with Gasteiger partial charge in [-0.25, -0.2) is 9.97 Å². The highest BCUT2D eigenvalue weighted by Gasteiger charge is 2.21. The first-order valence-corrected chi connectivity index (χ1v) is 8.81. The molecule has 2 aromatic heterocycles. The van der Waals surface area contributed by atoms with E-state index >= 15 is 0 Å². The zero-order chi connectivity index (χ0) is 14.2. The lowest BCUT2D eigenvalue weighted by Gasteiger charge is -2.21. The molecular weight excluding hydrogens is 282 g/mol. The summed E-state index contributed by atoms with van der Waals surface area (Å²) in [6, 6.07) is 0. The highest BCUT2D eigenvalue weighted by molar-refractivity contribution is 7.19. The number of aromatic nitrogens is 2. The zero-order valence-electron chi connectivity index (χ0n) is 12.2. The molecule has 1 aliphatic heterocycles. The fraction of sp³-hybridized carbons (Fsp3) is 0.625. The fourth-order valence-electron chi connectivity index (χ4n) is 3.49. The van der Waals surface area contributed by atoms with Gasteiger partial charge in [-0.1, -0.05) is 0 Å². The molecule has 0 amide bonds. The molecule has 1 fully saturated rings. The summed E-state index contributed by atoms with van der Waals surface area (Å²) in [6.45, 7) is 0.871. The van der Waals surface area contributed by atoms with Gasteiger partial charge in [0, 0.05) is 17.9 Å². The minimum atomic E-state index is 0.269. The van der Waals surface area contributed by atoms with Crippen LogP contribution in [0.15, 0.2) is 0 Å². The van der Waals surface area contributed by atoms with Crippen molar-refractivity contribution in [3.05, 3.63) is 16.3 Å². The Labute approximate surface area is 128 Å². The largest absolute Gasteiger partial charge is 0.383 e. The number of aryl methyl sites for hydroxylation is 2. The van der Waals surface area contributed by atoms with Crippen LogP contribution in [0.25, 0.3) is 10.2 Å². The van der Waals surface area contributed by atoms with Crippen molar-refractivity contribution >= 4 is 27.4 Å². The monoisotopic (exact) mass is 303 g/mol. The van der Waals surface area contributed by atoms with Crippen molar-refractivity contribution in [1.82, 2.24) is 9.97 Å². The van der Waals surface area contributed by atoms with Crippen molar-refractivity contribution in [2.45, 2.75) is 57.5 Å². The summed E-state index contributed by atoms with van der Waals surface area (Å²) >= 11 is 1.82. The smallest absolute Gasteiger partial charge is 0.136 e. The zero-order valence-corrected chi connectivity index (χ0v) is 13.0. The average Bonchev–Trinajstić information content (AvgIpc) is 2.87. The van der Waals surface area contributed by atoms with Crippen LogP contribution >= 0.6 is 11.3 Å². The van der Waals surface area contributed by atoms with Gasteiger partial charge in [0.1, 0.15) is 16.5 Å². The topological polar surface area (TPSA) is 61.0 Å². The number of rotatable bonds is 2. The minimum absolute atomic E-state index is 0.269. The molecule has 112 valence electrons. The van der Waals surface area contributed by atoms with Gasteiger partial charge < -0.3 is 10.5 Å². The maximum absolute atomic E-state index is 6.25. The lowest BCUT2D eigenvalue weighted by atomic mass is 9.97. The normalized spacial score (nSPS) is 22.4. The van der Waals surface area contributed by atoms with E-state index in [-0.39, 0.29) is 6.10 Å². The Morgan fingerprint density at radius 3 is 2.90 bits per heavy atom. The Kier molecular flexibility index (Phi) is 3.55. The standard InChI is InChI=1S/C16H21N3OS/c17-15-14-11-6-1-2-7-12(11)21-16(14)19-13(18-15)9-10-5-3-4-8-20-10/h10H,1-9H2,(H2,17,18,19). The number of nitrogens with zero attached hydrogens (tertiary/aromatic N) is 2. The van der Waals surface area contributed by atoms with Crippen LogP contribution in [0, 0.1) is 0 Å². The second-order valence-corrected chi connectivity index (χ2v) is 7.19. The third-order valence-corrected chi connectivity index (χ3v) is 5.76. The summed E-state index contributed by atoms with van der Waals surface area (Å²) < 4.78 is 5.80. The van der Waals surface area contributed by atoms with Crippen molar-refractivity contribution in [2.75, 3.05) is 12.3 Å². The van der Waals surface area contributed by atoms with Crippen molar-refractivity contribution in [2.24, 2.45) is 0 Å². The Morgan fingerprint density at radius 1 is 1.14 bits per heavy atom. The quantitative estimate of drug-likeness (QED) is 0.925. The van der Waals surface area contributed by atoms with Gasteiger partial charge in [-0.15, -0.1) is 11.3 Å². The number of anilines is 1. The molecule has 21 heavy (non-hydrogen) atoms. The Hall–Kier alpha value is -1.20. The van der Waals surface area contributed by atoms with E-state index in [1.165, 1.54) is 42.5 Å². The maximum Gasteiger partial charge on any atom is 0.136 e. The summed E-state index contributed by atoms with van der Waals surface area (Å²) in [4.78, 5) is 11.9. The first-order chi connectivity index (χ1) is 10.3. The van der Waals surface area contributed by atoms with Crippen LogP contribution in [0.2, 0.25) is 0 Å². The number of nitrogen functional groups attached to an aromatic ring is 1. The number of nitrogens with two attached hydrogens (primary N) is 1. The first kappa shape index (κ1) is 13.5. The molecule has 0 saturated carbocycles. The van der Waals surface area contributed by atoms with E-state index in [0.717, 1.165) is 41.9 Å². The van der Waals surface area contributed by atoms with E-state index in [0.29, 0.717) is 5.82 Å². The second kappa shape index (κ2) is 5.54. The number of thiophene rings is 1. The van der Waals surface area contributed by atoms with Crippen LogP contribution < -0.4 is 5.73 Å². The summed E-state index contributed by atoms with van der Waals surface area (Å²) in [5.41, 5.74) is 7.66. The van der Waals surface area contributed by atoms with Crippen LogP contribution in [0.5, 0.6) is 0 Å². The molecular formula is C16H21N3OS. The third kappa shape index (κ3) is 2.53. The van der Waals surface area contributed by atoms with Gasteiger partial charge in [-0.2, -0.15) is 0 Å². The highest BCUT2D eigenvalue weighted by atomic mass is 32.1. The fourth-order valence-corrected chi connectivity index (χ4v) is 4.78. The predicted octanol–water partition coefficient (Wildman–Crippen LogP) is 3.26. The first-order valence-electron chi connectivity index (χ1n) is 7.99. The van der Waals surface area contributed by atoms with E-state index < -0.39 is 0 Å². The van der Waals surface area contributed by atoms with Gasteiger partial charge >= 0.3 is 0 Å². The van der Waals surface area contributed by atoms with Crippen LogP contribution in [0.3, 0.4) is 0 Å². The molecule has 3 heterocycles. The molecule has 1 aliphatic carbocycles. The van der Waals surface area contributed by atoms with Crippen molar-refractivity contribution < 1.29 is 4.74 Å². The maximum atomic E-state index is 6.25. The van der Waals surface area contributed by atoms with Crippen molar-refractivity contribution in [3.8, 4) is 0 Å². The third-order valence-electron chi connectivity index (χ3n) is 4.57. The number of ether oxygens (including phenoxy) is 1. The molecule has 2 N–H and O–H groups in total. The van der Waals surface area contributed by atoms with E-state index in [9.17, 15) is 0 Å². The molecule has 5 heteroatoms. The van der Waals surface area contributed by atoms with E-state index in [2.05, 4.69) is 4.98 Å². The average molecular weight is 303 g/mol. The molecule has 0 bridgehead atoms. The van der Waals surface area contributed by atoms with E-state index in [1.807, 2.05) is 11.3 Å². The van der Waals surface area contributed by atoms with Crippen LogP contribution in [0.1, 0.15) is 48.4 Å². The molecule has 2 aliphatic rings. The summed E-state index contributed by atoms with van der Waals surface area (Å²) in [5.74, 6) is 1.52. The van der Waals surface area contributed by atoms with Gasteiger partial charge in [-0.3, -0.25) is 0 Å². The van der Waals surface area contributed by atoms with Gasteiger partial charge in [0.25, 0.3) is 0 Å². The number of fused-ring (bicyclic) bond motifs is 3. The molecule has 0 aromatic carbocycles. The van der Waals surface area contributed by atoms with Crippen LogP contribution in [-0.2, 0) is 24.0 Å². The van der Waals surface area contributed by atoms with Gasteiger partial charge in [0.05, 0.1) is 11.5 Å². The van der Waals surface area contributed by atoms with E-state index in [1.54, 1.807) is 0 Å². The second-order valence-electron chi connectivity index (χ2n) is 6.11. The molecule has 4 rings (SSSR count). The summed E-state index contributed by atoms with van der Waals surface area (Å²) in [6.07, 6.45) is 9.46. The summed E-state index contributed by atoms with van der Waals surface area (Å²) in [5, 5.41) is 1.13. The number of hydrogen-bond acceptors (Lipinski definition) is 5. The molecule has 1 saturated heterocycles. The van der Waals surface area contributed by atoms with Gasteiger partial charge in [-0.05, 0) is 50.5 Å². The molecule has 1 atom stereocenters. The van der Waals surface area contributed by atoms with Crippen LogP contribution in [-0.4, -0.2) is 22.7 Å². The Balaban J connectivity index is 1.68. The van der Waals surface area contributed by atoms with E-state index in [4.69, 9.17) is 15.5 Å².